The molecule has 1 N–H and O–H groups in total. The number of nitrogens with zero attached hydrogens (tertiary/aromatic N) is 2. The summed E-state index contributed by atoms with van der Waals surface area (Å²) in [6.45, 7) is 1.28. The summed E-state index contributed by atoms with van der Waals surface area (Å²) in [6.07, 6.45) is 0.418. The Morgan fingerprint density at radius 2 is 1.87 bits per heavy atom. The summed E-state index contributed by atoms with van der Waals surface area (Å²) in [5, 5.41) is 12.0. The Morgan fingerprint density at radius 1 is 1.19 bits per heavy atom. The van der Waals surface area contributed by atoms with Crippen molar-refractivity contribution in [1.29, 1.82) is 5.26 Å². The van der Waals surface area contributed by atoms with Crippen molar-refractivity contribution in [2.75, 3.05) is 20.2 Å². The van der Waals surface area contributed by atoms with Crippen LogP contribution in [0.3, 0.4) is 0 Å². The Kier molecular flexibility index (Phi) is 8.42. The second kappa shape index (κ2) is 10.8. The lowest BCUT2D eigenvalue weighted by Gasteiger charge is -2.19. The number of ether oxygens (including phenoxy) is 1. The van der Waals surface area contributed by atoms with Crippen LogP contribution in [0.25, 0.3) is 0 Å². The van der Waals surface area contributed by atoms with E-state index in [0.717, 1.165) is 5.56 Å². The first-order valence-electron chi connectivity index (χ1n) is 9.37. The number of methoxy groups -OCH3 is 1. The third kappa shape index (κ3) is 5.96. The molecule has 0 fully saturated rings. The molecule has 2 aromatic rings. The van der Waals surface area contributed by atoms with Crippen LogP contribution in [-0.4, -0.2) is 44.7 Å². The minimum Gasteiger partial charge on any atom is -0.496 e. The van der Waals surface area contributed by atoms with Gasteiger partial charge in [-0.3, -0.25) is 9.59 Å². The van der Waals surface area contributed by atoms with Gasteiger partial charge in [-0.2, -0.15) is 5.26 Å². The molecule has 0 unspecified atom stereocenters. The van der Waals surface area contributed by atoms with Crippen molar-refractivity contribution >= 4 is 33.4 Å². The van der Waals surface area contributed by atoms with Gasteiger partial charge < -0.3 is 10.1 Å². The van der Waals surface area contributed by atoms with Gasteiger partial charge in [-0.05, 0) is 42.3 Å². The molecular weight excluding hydrogens is 442 g/mol. The van der Waals surface area contributed by atoms with Crippen LogP contribution in [0.4, 0.5) is 0 Å². The SMILES string of the molecule is CCC(=O)N(CC#N)S(=O)(=O)c1ccc(CCNC(=O)c2cc(Cl)ccc2OC)cc1. The molecule has 31 heavy (non-hydrogen) atoms. The van der Waals surface area contributed by atoms with Crippen molar-refractivity contribution in [3.8, 4) is 11.8 Å². The smallest absolute Gasteiger partial charge is 0.267 e. The lowest BCUT2D eigenvalue weighted by molar-refractivity contribution is -0.125. The van der Waals surface area contributed by atoms with Crippen LogP contribution in [0, 0.1) is 11.3 Å². The maximum absolute atomic E-state index is 12.7. The van der Waals surface area contributed by atoms with Crippen molar-refractivity contribution in [2.45, 2.75) is 24.7 Å². The molecule has 10 heteroatoms. The van der Waals surface area contributed by atoms with E-state index < -0.39 is 22.5 Å². The lowest BCUT2D eigenvalue weighted by atomic mass is 10.1. The molecule has 0 radical (unpaired) electrons. The zero-order chi connectivity index (χ0) is 23.0. The quantitative estimate of drug-likeness (QED) is 0.571. The molecule has 8 nitrogen and oxygen atoms in total. The molecule has 0 aliphatic heterocycles. The summed E-state index contributed by atoms with van der Waals surface area (Å²) in [7, 11) is -2.65. The first-order valence-corrected chi connectivity index (χ1v) is 11.2. The summed E-state index contributed by atoms with van der Waals surface area (Å²) < 4.78 is 31.1. The summed E-state index contributed by atoms with van der Waals surface area (Å²) >= 11 is 5.94. The standard InChI is InChI=1S/C21H22ClN3O5S/c1-3-20(26)25(13-11-23)31(28,29)17-7-4-15(5-8-17)10-12-24-21(27)18-14-16(22)6-9-19(18)30-2/h4-9,14H,3,10,12-13H2,1-2H3,(H,24,27). The monoisotopic (exact) mass is 463 g/mol. The molecule has 0 spiro atoms. The summed E-state index contributed by atoms with van der Waals surface area (Å²) in [6, 6.07) is 12.4. The Morgan fingerprint density at radius 3 is 2.45 bits per heavy atom. The summed E-state index contributed by atoms with van der Waals surface area (Å²) in [5.41, 5.74) is 1.10. The number of rotatable bonds is 9. The maximum atomic E-state index is 12.7. The number of halogens is 1. The second-order valence-electron chi connectivity index (χ2n) is 6.41. The fourth-order valence-electron chi connectivity index (χ4n) is 2.78. The minimum absolute atomic E-state index is 0.0316. The maximum Gasteiger partial charge on any atom is 0.267 e. The zero-order valence-corrected chi connectivity index (χ0v) is 18.7. The molecule has 2 aromatic carbocycles. The van der Waals surface area contributed by atoms with Crippen molar-refractivity contribution in [3.05, 3.63) is 58.6 Å². The third-order valence-electron chi connectivity index (χ3n) is 4.41. The van der Waals surface area contributed by atoms with E-state index in [2.05, 4.69) is 5.32 Å². The average molecular weight is 464 g/mol. The molecule has 0 aliphatic carbocycles. The van der Waals surface area contributed by atoms with Crippen molar-refractivity contribution < 1.29 is 22.7 Å². The predicted octanol–water partition coefficient (Wildman–Crippen LogP) is 2.77. The number of carbonyl (C=O) groups excluding carboxylic acids is 2. The van der Waals surface area contributed by atoms with Gasteiger partial charge in [0.15, 0.2) is 0 Å². The zero-order valence-electron chi connectivity index (χ0n) is 17.1. The highest BCUT2D eigenvalue weighted by Crippen LogP contribution is 2.22. The van der Waals surface area contributed by atoms with Gasteiger partial charge in [-0.1, -0.05) is 30.7 Å². The third-order valence-corrected chi connectivity index (χ3v) is 6.43. The summed E-state index contributed by atoms with van der Waals surface area (Å²) in [5.74, 6) is -0.589. The van der Waals surface area contributed by atoms with Crippen molar-refractivity contribution in [2.24, 2.45) is 0 Å². The molecule has 0 atom stereocenters. The number of benzene rings is 2. The van der Waals surface area contributed by atoms with Crippen LogP contribution in [0.15, 0.2) is 47.4 Å². The molecular formula is C21H22ClN3O5S. The van der Waals surface area contributed by atoms with E-state index in [1.54, 1.807) is 30.3 Å². The number of nitrogens with one attached hydrogen (secondary N) is 1. The molecule has 2 rings (SSSR count). The number of hydrogen-bond acceptors (Lipinski definition) is 6. The van der Waals surface area contributed by atoms with E-state index in [4.69, 9.17) is 21.6 Å². The highest BCUT2D eigenvalue weighted by atomic mass is 35.5. The normalized spacial score (nSPS) is 10.8. The fraction of sp³-hybridized carbons (Fsp3) is 0.286. The van der Waals surface area contributed by atoms with E-state index >= 15 is 0 Å². The Hall–Kier alpha value is -3.09. The molecule has 0 saturated heterocycles. The van der Waals surface area contributed by atoms with Crippen molar-refractivity contribution in [1.82, 2.24) is 9.62 Å². The molecule has 0 aliphatic rings. The average Bonchev–Trinajstić information content (AvgIpc) is 2.77. The van der Waals surface area contributed by atoms with Gasteiger partial charge in [0.2, 0.25) is 5.91 Å². The van der Waals surface area contributed by atoms with E-state index in [1.807, 2.05) is 0 Å². The molecule has 0 heterocycles. The van der Waals surface area contributed by atoms with E-state index in [9.17, 15) is 18.0 Å². The number of carbonyl (C=O) groups is 2. The van der Waals surface area contributed by atoms with Crippen LogP contribution in [0.2, 0.25) is 5.02 Å². The molecule has 164 valence electrons. The van der Waals surface area contributed by atoms with E-state index in [1.165, 1.54) is 32.2 Å². The number of nitriles is 1. The van der Waals surface area contributed by atoms with Gasteiger partial charge in [-0.15, -0.1) is 0 Å². The molecule has 0 saturated carbocycles. The van der Waals surface area contributed by atoms with Crippen LogP contribution in [0.1, 0.15) is 29.3 Å². The second-order valence-corrected chi connectivity index (χ2v) is 8.71. The minimum atomic E-state index is -4.11. The molecule has 0 bridgehead atoms. The number of sulfonamides is 1. The van der Waals surface area contributed by atoms with Crippen LogP contribution in [0.5, 0.6) is 5.75 Å². The topological polar surface area (TPSA) is 117 Å². The first-order chi connectivity index (χ1) is 14.7. The Balaban J connectivity index is 2.05. The molecule has 2 amide bonds. The van der Waals surface area contributed by atoms with Gasteiger partial charge in [0, 0.05) is 18.0 Å². The molecule has 0 aromatic heterocycles. The van der Waals surface area contributed by atoms with Crippen LogP contribution in [-0.2, 0) is 21.2 Å². The number of amides is 2. The van der Waals surface area contributed by atoms with Crippen molar-refractivity contribution in [3.63, 3.8) is 0 Å². The van der Waals surface area contributed by atoms with Crippen LogP contribution >= 0.6 is 11.6 Å². The van der Waals surface area contributed by atoms with Gasteiger partial charge in [0.05, 0.1) is 23.6 Å². The van der Waals surface area contributed by atoms with Crippen LogP contribution < -0.4 is 10.1 Å². The first kappa shape index (κ1) is 24.2. The van der Waals surface area contributed by atoms with Gasteiger partial charge >= 0.3 is 0 Å². The Bertz CT molecular complexity index is 1090. The summed E-state index contributed by atoms with van der Waals surface area (Å²) in [4.78, 5) is 24.2. The Labute approximate surface area is 186 Å². The van der Waals surface area contributed by atoms with Gasteiger partial charge in [0.1, 0.15) is 12.3 Å². The fourth-order valence-corrected chi connectivity index (χ4v) is 4.31. The largest absolute Gasteiger partial charge is 0.496 e. The number of hydrogen-bond donors (Lipinski definition) is 1. The highest BCUT2D eigenvalue weighted by molar-refractivity contribution is 7.89. The van der Waals surface area contributed by atoms with E-state index in [-0.39, 0.29) is 17.2 Å². The van der Waals surface area contributed by atoms with E-state index in [0.29, 0.717) is 33.6 Å². The van der Waals surface area contributed by atoms with Gasteiger partial charge in [0.25, 0.3) is 15.9 Å². The highest BCUT2D eigenvalue weighted by Gasteiger charge is 2.27. The lowest BCUT2D eigenvalue weighted by Crippen LogP contribution is -2.36. The van der Waals surface area contributed by atoms with Gasteiger partial charge in [-0.25, -0.2) is 12.7 Å². The predicted molar refractivity (Wildman–Crippen MR) is 115 cm³/mol.